The van der Waals surface area contributed by atoms with E-state index in [4.69, 9.17) is 5.73 Å². The van der Waals surface area contributed by atoms with Gasteiger partial charge >= 0.3 is 0 Å². The average Bonchev–Trinajstić information content (AvgIpc) is 2.84. The van der Waals surface area contributed by atoms with Crippen LogP contribution in [0.4, 0.5) is 5.95 Å². The molecule has 0 aliphatic rings. The molecule has 0 unspecified atom stereocenters. The predicted molar refractivity (Wildman–Crippen MR) is 58.0 cm³/mol. The Morgan fingerprint density at radius 2 is 2.25 bits per heavy atom. The third kappa shape index (κ3) is 1.22. The Kier molecular flexibility index (Phi) is 1.67. The fraction of sp³-hybridized carbons (Fsp3) is 0.111. The Morgan fingerprint density at radius 3 is 3.00 bits per heavy atom. The number of aryl methyl sites for hydroxylation is 1. The number of fused-ring (bicyclic) bond motifs is 1. The van der Waals surface area contributed by atoms with Crippen LogP contribution in [0.3, 0.4) is 0 Å². The maximum absolute atomic E-state index is 5.61. The first-order valence-corrected chi connectivity index (χ1v) is 4.73. The summed E-state index contributed by atoms with van der Waals surface area (Å²) in [6, 6.07) is 1.89. The van der Waals surface area contributed by atoms with E-state index in [-0.39, 0.29) is 5.95 Å². The second-order valence-corrected chi connectivity index (χ2v) is 3.41. The van der Waals surface area contributed by atoms with Gasteiger partial charge in [-0.2, -0.15) is 15.1 Å². The SMILES string of the molecule is Cc1ccn(-c2nc(N)nc3nc[nH]c23)n1. The highest BCUT2D eigenvalue weighted by atomic mass is 15.3. The van der Waals surface area contributed by atoms with Crippen LogP contribution < -0.4 is 5.73 Å². The van der Waals surface area contributed by atoms with Crippen LogP contribution in [0, 0.1) is 6.92 Å². The molecule has 0 fully saturated rings. The molecular weight excluding hydrogens is 206 g/mol. The molecule has 0 spiro atoms. The summed E-state index contributed by atoms with van der Waals surface area (Å²) in [7, 11) is 0. The van der Waals surface area contributed by atoms with Crippen molar-refractivity contribution in [3.8, 4) is 5.82 Å². The van der Waals surface area contributed by atoms with Crippen molar-refractivity contribution in [2.24, 2.45) is 0 Å². The minimum Gasteiger partial charge on any atom is -0.368 e. The molecule has 3 aromatic heterocycles. The second kappa shape index (κ2) is 3.02. The lowest BCUT2D eigenvalue weighted by atomic mass is 10.5. The van der Waals surface area contributed by atoms with E-state index in [1.165, 1.54) is 0 Å². The zero-order chi connectivity index (χ0) is 11.1. The molecule has 0 atom stereocenters. The lowest BCUT2D eigenvalue weighted by Gasteiger charge is -2.02. The molecule has 3 rings (SSSR count). The van der Waals surface area contributed by atoms with Gasteiger partial charge in [0.15, 0.2) is 11.5 Å². The lowest BCUT2D eigenvalue weighted by Crippen LogP contribution is -2.04. The summed E-state index contributed by atoms with van der Waals surface area (Å²) in [5.74, 6) is 0.788. The standard InChI is InChI=1S/C9H9N7/c1-5-2-3-16(15-5)8-6-7(12-4-11-6)13-9(10)14-8/h2-4H,1H3,(H3,10,11,12,13,14). The van der Waals surface area contributed by atoms with Gasteiger partial charge in [-0.3, -0.25) is 0 Å². The van der Waals surface area contributed by atoms with Gasteiger partial charge in [0, 0.05) is 6.20 Å². The molecular formula is C9H9N7. The molecule has 0 radical (unpaired) electrons. The minimum absolute atomic E-state index is 0.183. The molecule has 7 nitrogen and oxygen atoms in total. The number of rotatable bonds is 1. The number of aromatic nitrogens is 6. The normalized spacial score (nSPS) is 11.1. The number of nitrogens with zero attached hydrogens (tertiary/aromatic N) is 5. The summed E-state index contributed by atoms with van der Waals surface area (Å²) in [6.45, 7) is 1.91. The van der Waals surface area contributed by atoms with E-state index in [9.17, 15) is 0 Å². The number of nitrogens with one attached hydrogen (secondary N) is 1. The van der Waals surface area contributed by atoms with Crippen LogP contribution in [0.5, 0.6) is 0 Å². The van der Waals surface area contributed by atoms with Gasteiger partial charge in [-0.15, -0.1) is 0 Å². The number of imidazole rings is 1. The van der Waals surface area contributed by atoms with Crippen molar-refractivity contribution in [3.63, 3.8) is 0 Å². The molecule has 3 aromatic rings. The molecule has 0 saturated heterocycles. The second-order valence-electron chi connectivity index (χ2n) is 3.41. The van der Waals surface area contributed by atoms with Crippen LogP contribution in [0.25, 0.3) is 17.0 Å². The van der Waals surface area contributed by atoms with E-state index in [2.05, 4.69) is 25.0 Å². The highest BCUT2D eigenvalue weighted by Gasteiger charge is 2.10. The lowest BCUT2D eigenvalue weighted by molar-refractivity contribution is 0.836. The molecule has 80 valence electrons. The highest BCUT2D eigenvalue weighted by Crippen LogP contribution is 2.16. The molecule has 0 saturated carbocycles. The summed E-state index contributed by atoms with van der Waals surface area (Å²) in [4.78, 5) is 15.2. The number of H-pyrrole nitrogens is 1. The van der Waals surface area contributed by atoms with Crippen LogP contribution in [0.1, 0.15) is 5.69 Å². The minimum atomic E-state index is 0.183. The number of nitrogen functional groups attached to an aromatic ring is 1. The van der Waals surface area contributed by atoms with Crippen LogP contribution in [-0.4, -0.2) is 29.7 Å². The number of hydrogen-bond acceptors (Lipinski definition) is 5. The first-order valence-electron chi connectivity index (χ1n) is 4.73. The summed E-state index contributed by atoms with van der Waals surface area (Å²) >= 11 is 0. The van der Waals surface area contributed by atoms with Crippen LogP contribution in [0.2, 0.25) is 0 Å². The van der Waals surface area contributed by atoms with Crippen LogP contribution in [-0.2, 0) is 0 Å². The van der Waals surface area contributed by atoms with Gasteiger partial charge in [0.25, 0.3) is 0 Å². The largest absolute Gasteiger partial charge is 0.368 e. The van der Waals surface area contributed by atoms with Crippen molar-refractivity contribution in [2.75, 3.05) is 5.73 Å². The third-order valence-corrected chi connectivity index (χ3v) is 2.22. The molecule has 0 aliphatic heterocycles. The topological polar surface area (TPSA) is 98.3 Å². The summed E-state index contributed by atoms with van der Waals surface area (Å²) in [6.07, 6.45) is 3.37. The van der Waals surface area contributed by atoms with E-state index in [0.717, 1.165) is 11.2 Å². The van der Waals surface area contributed by atoms with Gasteiger partial charge in [-0.25, -0.2) is 9.67 Å². The Hall–Kier alpha value is -2.44. The van der Waals surface area contributed by atoms with E-state index in [0.29, 0.717) is 11.5 Å². The van der Waals surface area contributed by atoms with E-state index < -0.39 is 0 Å². The smallest absolute Gasteiger partial charge is 0.224 e. The van der Waals surface area contributed by atoms with E-state index in [1.54, 1.807) is 11.0 Å². The van der Waals surface area contributed by atoms with Crippen molar-refractivity contribution in [1.82, 2.24) is 29.7 Å². The number of hydrogen-bond donors (Lipinski definition) is 2. The number of nitrogens with two attached hydrogens (primary N) is 1. The first-order chi connectivity index (χ1) is 7.74. The fourth-order valence-electron chi connectivity index (χ4n) is 1.53. The molecule has 0 aromatic carbocycles. The summed E-state index contributed by atoms with van der Waals surface area (Å²) in [5, 5.41) is 4.27. The first kappa shape index (κ1) is 8.84. The van der Waals surface area contributed by atoms with Crippen molar-refractivity contribution in [2.45, 2.75) is 6.92 Å². The van der Waals surface area contributed by atoms with Gasteiger partial charge in [-0.1, -0.05) is 0 Å². The van der Waals surface area contributed by atoms with Gasteiger partial charge in [0.2, 0.25) is 5.95 Å². The Morgan fingerprint density at radius 1 is 1.38 bits per heavy atom. The Bertz CT molecular complexity index is 651. The van der Waals surface area contributed by atoms with Crippen LogP contribution >= 0.6 is 0 Å². The van der Waals surface area contributed by atoms with Crippen molar-refractivity contribution in [3.05, 3.63) is 24.3 Å². The molecule has 3 heterocycles. The summed E-state index contributed by atoms with van der Waals surface area (Å²) < 4.78 is 1.65. The van der Waals surface area contributed by atoms with Crippen LogP contribution in [0.15, 0.2) is 18.6 Å². The molecule has 0 bridgehead atoms. The van der Waals surface area contributed by atoms with Gasteiger partial charge in [0.05, 0.1) is 12.0 Å². The van der Waals surface area contributed by atoms with Crippen molar-refractivity contribution in [1.29, 1.82) is 0 Å². The predicted octanol–water partition coefficient (Wildman–Crippen LogP) is 0.429. The van der Waals surface area contributed by atoms with Crippen molar-refractivity contribution < 1.29 is 0 Å². The zero-order valence-electron chi connectivity index (χ0n) is 8.55. The van der Waals surface area contributed by atoms with Gasteiger partial charge in [-0.05, 0) is 13.0 Å². The number of aromatic amines is 1. The molecule has 16 heavy (non-hydrogen) atoms. The molecule has 7 heteroatoms. The maximum atomic E-state index is 5.61. The van der Waals surface area contributed by atoms with Crippen molar-refractivity contribution >= 4 is 17.1 Å². The van der Waals surface area contributed by atoms with Gasteiger partial charge in [0.1, 0.15) is 5.52 Å². The maximum Gasteiger partial charge on any atom is 0.224 e. The van der Waals surface area contributed by atoms with E-state index in [1.807, 2.05) is 19.2 Å². The highest BCUT2D eigenvalue weighted by molar-refractivity contribution is 5.78. The fourth-order valence-corrected chi connectivity index (χ4v) is 1.53. The third-order valence-electron chi connectivity index (χ3n) is 2.22. The quantitative estimate of drug-likeness (QED) is 0.613. The zero-order valence-corrected chi connectivity index (χ0v) is 8.55. The Balaban J connectivity index is 2.33. The Labute approximate surface area is 90.4 Å². The molecule has 3 N–H and O–H groups in total. The van der Waals surface area contributed by atoms with Gasteiger partial charge < -0.3 is 10.7 Å². The molecule has 0 aliphatic carbocycles. The van der Waals surface area contributed by atoms with E-state index >= 15 is 0 Å². The average molecular weight is 215 g/mol. The monoisotopic (exact) mass is 215 g/mol. The molecule has 0 amide bonds. The number of anilines is 1. The summed E-state index contributed by atoms with van der Waals surface area (Å²) in [5.41, 5.74) is 7.78.